The summed E-state index contributed by atoms with van der Waals surface area (Å²) in [5.41, 5.74) is 0.220. The minimum atomic E-state index is -0.901. The molecule has 1 saturated heterocycles. The molecule has 1 aromatic rings. The number of piperidine rings is 1. The van der Waals surface area contributed by atoms with Gasteiger partial charge < -0.3 is 15.3 Å². The van der Waals surface area contributed by atoms with Gasteiger partial charge in [-0.2, -0.15) is 0 Å². The number of carboxylic acids is 1. The van der Waals surface area contributed by atoms with E-state index < -0.39 is 23.7 Å². The summed E-state index contributed by atoms with van der Waals surface area (Å²) in [6.45, 7) is 2.52. The standard InChI is InChI=1S/C15H18ClFN2O3/c1-9-5-10(14(20)21)8-19(7-9)15(22)18-6-11-12(16)3-2-4-13(11)17/h2-4,9-10H,5-8H2,1H3,(H,18,22)(H,20,21). The quantitative estimate of drug-likeness (QED) is 0.896. The highest BCUT2D eigenvalue weighted by Gasteiger charge is 2.31. The number of halogens is 2. The number of carbonyl (C=O) groups is 2. The fourth-order valence-corrected chi connectivity index (χ4v) is 2.90. The van der Waals surface area contributed by atoms with E-state index in [0.29, 0.717) is 13.0 Å². The minimum absolute atomic E-state index is 0.0348. The summed E-state index contributed by atoms with van der Waals surface area (Å²) in [5, 5.41) is 12.0. The van der Waals surface area contributed by atoms with E-state index in [1.807, 2.05) is 6.92 Å². The molecule has 1 aliphatic heterocycles. The maximum absolute atomic E-state index is 13.6. The number of amides is 2. The van der Waals surface area contributed by atoms with Gasteiger partial charge in [-0.05, 0) is 24.5 Å². The summed E-state index contributed by atoms with van der Waals surface area (Å²) >= 11 is 5.90. The Kier molecular flexibility index (Phi) is 5.24. The number of hydrogen-bond acceptors (Lipinski definition) is 2. The molecule has 7 heteroatoms. The van der Waals surface area contributed by atoms with Crippen molar-refractivity contribution in [1.29, 1.82) is 0 Å². The number of likely N-dealkylation sites (tertiary alicyclic amines) is 1. The molecule has 0 aromatic heterocycles. The average molecular weight is 329 g/mol. The predicted octanol–water partition coefficient (Wildman–Crippen LogP) is 2.73. The molecule has 1 fully saturated rings. The fourth-order valence-electron chi connectivity index (χ4n) is 2.67. The van der Waals surface area contributed by atoms with Gasteiger partial charge in [-0.25, -0.2) is 9.18 Å². The van der Waals surface area contributed by atoms with Crippen molar-refractivity contribution < 1.29 is 19.1 Å². The van der Waals surface area contributed by atoms with Gasteiger partial charge in [-0.15, -0.1) is 0 Å². The van der Waals surface area contributed by atoms with Crippen LogP contribution in [0.1, 0.15) is 18.9 Å². The lowest BCUT2D eigenvalue weighted by Gasteiger charge is -2.34. The third-order valence-corrected chi connectivity index (χ3v) is 4.13. The summed E-state index contributed by atoms with van der Waals surface area (Å²) in [4.78, 5) is 24.7. The first-order chi connectivity index (χ1) is 10.4. The van der Waals surface area contributed by atoms with Gasteiger partial charge in [0.1, 0.15) is 5.82 Å². The predicted molar refractivity (Wildman–Crippen MR) is 80.1 cm³/mol. The molecule has 2 amide bonds. The Morgan fingerprint density at radius 3 is 2.82 bits per heavy atom. The zero-order valence-corrected chi connectivity index (χ0v) is 12.9. The third kappa shape index (κ3) is 3.88. The zero-order chi connectivity index (χ0) is 16.3. The first-order valence-corrected chi connectivity index (χ1v) is 7.44. The first-order valence-electron chi connectivity index (χ1n) is 7.07. The van der Waals surface area contributed by atoms with Crippen LogP contribution < -0.4 is 5.32 Å². The second kappa shape index (κ2) is 6.96. The van der Waals surface area contributed by atoms with Gasteiger partial charge >= 0.3 is 12.0 Å². The van der Waals surface area contributed by atoms with Gasteiger partial charge in [0, 0.05) is 30.2 Å². The number of carboxylic acid groups (broad SMARTS) is 1. The van der Waals surface area contributed by atoms with Crippen LogP contribution in [0.4, 0.5) is 9.18 Å². The summed E-state index contributed by atoms with van der Waals surface area (Å²) in [5.74, 6) is -1.84. The van der Waals surface area contributed by atoms with Crippen LogP contribution in [0.5, 0.6) is 0 Å². The number of carbonyl (C=O) groups excluding carboxylic acids is 1. The Morgan fingerprint density at radius 1 is 1.45 bits per heavy atom. The molecule has 2 unspecified atom stereocenters. The van der Waals surface area contributed by atoms with Crippen LogP contribution in [0.25, 0.3) is 0 Å². The van der Waals surface area contributed by atoms with Gasteiger partial charge in [-0.1, -0.05) is 24.6 Å². The van der Waals surface area contributed by atoms with E-state index in [9.17, 15) is 14.0 Å². The third-order valence-electron chi connectivity index (χ3n) is 3.77. The number of nitrogens with one attached hydrogen (secondary N) is 1. The molecule has 2 N–H and O–H groups in total. The van der Waals surface area contributed by atoms with E-state index in [-0.39, 0.29) is 29.6 Å². The number of rotatable bonds is 3. The lowest BCUT2D eigenvalue weighted by Crippen LogP contribution is -2.49. The fraction of sp³-hybridized carbons (Fsp3) is 0.467. The van der Waals surface area contributed by atoms with Crippen LogP contribution in [0.15, 0.2) is 18.2 Å². The van der Waals surface area contributed by atoms with Crippen molar-refractivity contribution in [2.24, 2.45) is 11.8 Å². The second-order valence-electron chi connectivity index (χ2n) is 5.64. The molecule has 0 aliphatic carbocycles. The van der Waals surface area contributed by atoms with Crippen molar-refractivity contribution >= 4 is 23.6 Å². The largest absolute Gasteiger partial charge is 0.481 e. The molecular formula is C15H18ClFN2O3. The van der Waals surface area contributed by atoms with Crippen LogP contribution in [0.3, 0.4) is 0 Å². The van der Waals surface area contributed by atoms with Crippen LogP contribution >= 0.6 is 11.6 Å². The Bertz CT molecular complexity index is 562. The van der Waals surface area contributed by atoms with Crippen molar-refractivity contribution in [3.8, 4) is 0 Å². The van der Waals surface area contributed by atoms with Crippen molar-refractivity contribution in [3.63, 3.8) is 0 Å². The molecular weight excluding hydrogens is 311 g/mol. The van der Waals surface area contributed by atoms with Gasteiger partial charge in [0.05, 0.1) is 5.92 Å². The maximum atomic E-state index is 13.6. The van der Waals surface area contributed by atoms with Crippen molar-refractivity contribution in [2.45, 2.75) is 19.9 Å². The molecule has 1 heterocycles. The van der Waals surface area contributed by atoms with Crippen LogP contribution in [0.2, 0.25) is 5.02 Å². The molecule has 5 nitrogen and oxygen atoms in total. The van der Waals surface area contributed by atoms with Gasteiger partial charge in [0.15, 0.2) is 0 Å². The molecule has 120 valence electrons. The maximum Gasteiger partial charge on any atom is 0.317 e. The van der Waals surface area contributed by atoms with E-state index in [4.69, 9.17) is 16.7 Å². The summed E-state index contributed by atoms with van der Waals surface area (Å²) in [6.07, 6.45) is 0.554. The van der Waals surface area contributed by atoms with E-state index in [1.54, 1.807) is 6.07 Å². The molecule has 0 spiro atoms. The first kappa shape index (κ1) is 16.5. The minimum Gasteiger partial charge on any atom is -0.481 e. The Labute approximate surface area is 133 Å². The van der Waals surface area contributed by atoms with E-state index >= 15 is 0 Å². The van der Waals surface area contributed by atoms with Gasteiger partial charge in [0.2, 0.25) is 0 Å². The van der Waals surface area contributed by atoms with E-state index in [1.165, 1.54) is 17.0 Å². The Balaban J connectivity index is 1.98. The van der Waals surface area contributed by atoms with E-state index in [2.05, 4.69) is 5.32 Å². The summed E-state index contributed by atoms with van der Waals surface area (Å²) in [7, 11) is 0. The topological polar surface area (TPSA) is 69.6 Å². The van der Waals surface area contributed by atoms with Gasteiger partial charge in [-0.3, -0.25) is 4.79 Å². The molecule has 1 aliphatic rings. The highest BCUT2D eigenvalue weighted by Crippen LogP contribution is 2.22. The smallest absolute Gasteiger partial charge is 0.317 e. The average Bonchev–Trinajstić information content (AvgIpc) is 2.45. The highest BCUT2D eigenvalue weighted by atomic mass is 35.5. The molecule has 2 rings (SSSR count). The molecule has 0 saturated carbocycles. The van der Waals surface area contributed by atoms with Crippen LogP contribution in [-0.4, -0.2) is 35.1 Å². The number of aliphatic carboxylic acids is 1. The molecule has 2 atom stereocenters. The highest BCUT2D eigenvalue weighted by molar-refractivity contribution is 6.31. The SMILES string of the molecule is CC1CC(C(=O)O)CN(C(=O)NCc2c(F)cccc2Cl)C1. The van der Waals surface area contributed by atoms with Crippen molar-refractivity contribution in [3.05, 3.63) is 34.6 Å². The lowest BCUT2D eigenvalue weighted by atomic mass is 9.91. The Hall–Kier alpha value is -1.82. The molecule has 22 heavy (non-hydrogen) atoms. The lowest BCUT2D eigenvalue weighted by molar-refractivity contribution is -0.143. The molecule has 0 radical (unpaired) electrons. The normalized spacial score (nSPS) is 21.5. The van der Waals surface area contributed by atoms with E-state index in [0.717, 1.165) is 0 Å². The number of hydrogen-bond donors (Lipinski definition) is 2. The molecule has 0 bridgehead atoms. The van der Waals surface area contributed by atoms with Crippen LogP contribution in [0, 0.1) is 17.7 Å². The zero-order valence-electron chi connectivity index (χ0n) is 12.2. The van der Waals surface area contributed by atoms with Crippen molar-refractivity contribution in [2.75, 3.05) is 13.1 Å². The Morgan fingerprint density at radius 2 is 2.18 bits per heavy atom. The van der Waals surface area contributed by atoms with Crippen LogP contribution in [-0.2, 0) is 11.3 Å². The molecule has 1 aromatic carbocycles. The van der Waals surface area contributed by atoms with Crippen molar-refractivity contribution in [1.82, 2.24) is 10.2 Å². The summed E-state index contributed by atoms with van der Waals surface area (Å²) in [6, 6.07) is 3.91. The summed E-state index contributed by atoms with van der Waals surface area (Å²) < 4.78 is 13.6. The second-order valence-corrected chi connectivity index (χ2v) is 6.05. The number of benzene rings is 1. The number of urea groups is 1. The van der Waals surface area contributed by atoms with Gasteiger partial charge in [0.25, 0.3) is 0 Å². The number of nitrogens with zero attached hydrogens (tertiary/aromatic N) is 1. The monoisotopic (exact) mass is 328 g/mol.